The minimum atomic E-state index is -0.416. The van der Waals surface area contributed by atoms with Crippen LogP contribution in [0.3, 0.4) is 0 Å². The number of phenols is 2. The first kappa shape index (κ1) is 18.0. The van der Waals surface area contributed by atoms with Gasteiger partial charge in [0.15, 0.2) is 0 Å². The van der Waals surface area contributed by atoms with Gasteiger partial charge in [0.25, 0.3) is 0 Å². The molecule has 0 aliphatic rings. The van der Waals surface area contributed by atoms with Crippen LogP contribution in [0.1, 0.15) is 25.3 Å². The highest BCUT2D eigenvalue weighted by molar-refractivity contribution is 6.01. The predicted molar refractivity (Wildman–Crippen MR) is 94.4 cm³/mol. The molecule has 0 saturated heterocycles. The van der Waals surface area contributed by atoms with Crippen molar-refractivity contribution < 1.29 is 19.8 Å². The van der Waals surface area contributed by atoms with Crippen molar-refractivity contribution in [3.05, 3.63) is 54.1 Å². The minimum absolute atomic E-state index is 0.0169. The van der Waals surface area contributed by atoms with Gasteiger partial charge >= 0.3 is 0 Å². The van der Waals surface area contributed by atoms with Crippen LogP contribution in [-0.2, 0) is 9.59 Å². The number of carbonyl (C=O) groups excluding carboxylic acids is 2. The van der Waals surface area contributed by atoms with Gasteiger partial charge in [0.05, 0.1) is 5.71 Å². The number of carbonyl (C=O) groups is 2. The summed E-state index contributed by atoms with van der Waals surface area (Å²) >= 11 is 0. The molecular formula is C18H19N3O4. The van der Waals surface area contributed by atoms with Crippen molar-refractivity contribution in [3.63, 3.8) is 0 Å². The third-order valence-electron chi connectivity index (χ3n) is 3.36. The Balaban J connectivity index is 1.82. The number of nitrogens with zero attached hydrogens (tertiary/aromatic N) is 1. The second-order valence-corrected chi connectivity index (χ2v) is 5.35. The van der Waals surface area contributed by atoms with Gasteiger partial charge in [0.1, 0.15) is 11.5 Å². The molecule has 0 aliphatic heterocycles. The fourth-order valence-electron chi connectivity index (χ4n) is 2.06. The van der Waals surface area contributed by atoms with Gasteiger partial charge in [-0.05, 0) is 31.2 Å². The number of rotatable bonds is 6. The zero-order valence-corrected chi connectivity index (χ0v) is 13.7. The van der Waals surface area contributed by atoms with Gasteiger partial charge in [0.2, 0.25) is 11.8 Å². The summed E-state index contributed by atoms with van der Waals surface area (Å²) in [6.45, 7) is 1.61. The molecule has 0 heterocycles. The fourth-order valence-corrected chi connectivity index (χ4v) is 2.06. The van der Waals surface area contributed by atoms with E-state index in [9.17, 15) is 19.8 Å². The summed E-state index contributed by atoms with van der Waals surface area (Å²) in [5.41, 5.74) is 3.77. The molecule has 2 aromatic carbocycles. The molecule has 0 spiro atoms. The highest BCUT2D eigenvalue weighted by Crippen LogP contribution is 2.22. The molecule has 0 saturated carbocycles. The highest BCUT2D eigenvalue weighted by atomic mass is 16.3. The topological polar surface area (TPSA) is 111 Å². The number of hydrogen-bond acceptors (Lipinski definition) is 5. The van der Waals surface area contributed by atoms with Crippen molar-refractivity contribution in [1.29, 1.82) is 0 Å². The first-order chi connectivity index (χ1) is 12.0. The summed E-state index contributed by atoms with van der Waals surface area (Å²) in [4.78, 5) is 23.5. The molecular weight excluding hydrogens is 322 g/mol. The molecule has 7 nitrogen and oxygen atoms in total. The zero-order valence-electron chi connectivity index (χ0n) is 13.7. The van der Waals surface area contributed by atoms with E-state index >= 15 is 0 Å². The summed E-state index contributed by atoms with van der Waals surface area (Å²) in [6, 6.07) is 13.1. The molecule has 2 aromatic rings. The van der Waals surface area contributed by atoms with Crippen LogP contribution in [0.4, 0.5) is 5.69 Å². The lowest BCUT2D eigenvalue weighted by atomic mass is 10.1. The number of hydrazone groups is 1. The zero-order chi connectivity index (χ0) is 18.2. The maximum Gasteiger partial charge on any atom is 0.240 e. The summed E-state index contributed by atoms with van der Waals surface area (Å²) in [7, 11) is 0. The Hall–Kier alpha value is -3.35. The van der Waals surface area contributed by atoms with Crippen molar-refractivity contribution >= 4 is 23.2 Å². The van der Waals surface area contributed by atoms with E-state index in [1.807, 2.05) is 6.07 Å². The lowest BCUT2D eigenvalue weighted by Crippen LogP contribution is -2.21. The number of anilines is 1. The molecule has 130 valence electrons. The van der Waals surface area contributed by atoms with Crippen LogP contribution in [0, 0.1) is 0 Å². The van der Waals surface area contributed by atoms with Crippen LogP contribution in [0.25, 0.3) is 0 Å². The molecule has 4 N–H and O–H groups in total. The summed E-state index contributed by atoms with van der Waals surface area (Å²) in [5.74, 6) is -0.890. The molecule has 2 amide bonds. The minimum Gasteiger partial charge on any atom is -0.508 e. The van der Waals surface area contributed by atoms with Gasteiger partial charge in [-0.3, -0.25) is 9.59 Å². The van der Waals surface area contributed by atoms with E-state index in [1.54, 1.807) is 31.2 Å². The van der Waals surface area contributed by atoms with E-state index in [4.69, 9.17) is 0 Å². The van der Waals surface area contributed by atoms with E-state index in [-0.39, 0.29) is 30.2 Å². The lowest BCUT2D eigenvalue weighted by Gasteiger charge is -2.06. The Morgan fingerprint density at radius 2 is 1.68 bits per heavy atom. The molecule has 25 heavy (non-hydrogen) atoms. The second kappa shape index (κ2) is 8.49. The van der Waals surface area contributed by atoms with Gasteiger partial charge in [-0.2, -0.15) is 5.10 Å². The quantitative estimate of drug-likeness (QED) is 0.477. The van der Waals surface area contributed by atoms with E-state index in [2.05, 4.69) is 15.8 Å². The molecule has 0 radical (unpaired) electrons. The van der Waals surface area contributed by atoms with Crippen molar-refractivity contribution in [2.24, 2.45) is 5.10 Å². The van der Waals surface area contributed by atoms with Crippen LogP contribution < -0.4 is 10.7 Å². The van der Waals surface area contributed by atoms with Crippen LogP contribution in [0.2, 0.25) is 0 Å². The predicted octanol–water partition coefficient (Wildman–Crippen LogP) is 2.36. The molecule has 0 fully saturated rings. The standard InChI is InChI=1S/C18H19N3O4/c1-12(15-8-7-14(22)11-16(15)23)20-21-18(25)10-9-17(24)19-13-5-3-2-4-6-13/h2-8,11,22-23H,9-10H2,1H3,(H,19,24)(H,21,25). The van der Waals surface area contributed by atoms with Crippen molar-refractivity contribution in [2.75, 3.05) is 5.32 Å². The molecule has 0 atom stereocenters. The molecule has 0 aliphatic carbocycles. The van der Waals surface area contributed by atoms with Gasteiger partial charge in [-0.25, -0.2) is 5.43 Å². The summed E-state index contributed by atoms with van der Waals surface area (Å²) in [6.07, 6.45) is 0.0107. The van der Waals surface area contributed by atoms with Gasteiger partial charge < -0.3 is 15.5 Å². The Morgan fingerprint density at radius 3 is 2.36 bits per heavy atom. The van der Waals surface area contributed by atoms with E-state index in [0.717, 1.165) is 0 Å². The first-order valence-corrected chi connectivity index (χ1v) is 7.66. The van der Waals surface area contributed by atoms with Crippen LogP contribution >= 0.6 is 0 Å². The molecule has 0 unspecified atom stereocenters. The largest absolute Gasteiger partial charge is 0.508 e. The maximum absolute atomic E-state index is 11.8. The number of benzene rings is 2. The average Bonchev–Trinajstić information content (AvgIpc) is 2.58. The lowest BCUT2D eigenvalue weighted by molar-refractivity contribution is -0.124. The molecule has 0 aromatic heterocycles. The van der Waals surface area contributed by atoms with Crippen molar-refractivity contribution in [3.8, 4) is 11.5 Å². The van der Waals surface area contributed by atoms with E-state index in [0.29, 0.717) is 17.0 Å². The Morgan fingerprint density at radius 1 is 1.00 bits per heavy atom. The normalized spacial score (nSPS) is 11.0. The second-order valence-electron chi connectivity index (χ2n) is 5.35. The van der Waals surface area contributed by atoms with Gasteiger partial charge in [-0.15, -0.1) is 0 Å². The van der Waals surface area contributed by atoms with Gasteiger partial charge in [0, 0.05) is 30.2 Å². The first-order valence-electron chi connectivity index (χ1n) is 7.66. The van der Waals surface area contributed by atoms with Gasteiger partial charge in [-0.1, -0.05) is 18.2 Å². The number of para-hydroxylation sites is 1. The van der Waals surface area contributed by atoms with E-state index < -0.39 is 5.91 Å². The highest BCUT2D eigenvalue weighted by Gasteiger charge is 2.09. The number of phenolic OH excluding ortho intramolecular Hbond substituents is 2. The summed E-state index contributed by atoms with van der Waals surface area (Å²) < 4.78 is 0. The molecule has 2 rings (SSSR count). The number of hydrogen-bond donors (Lipinski definition) is 4. The molecule has 7 heteroatoms. The third kappa shape index (κ3) is 5.65. The monoisotopic (exact) mass is 341 g/mol. The SMILES string of the molecule is CC(=NNC(=O)CCC(=O)Nc1ccccc1)c1ccc(O)cc1O. The Labute approximate surface area is 145 Å². The van der Waals surface area contributed by atoms with Crippen LogP contribution in [0.5, 0.6) is 11.5 Å². The third-order valence-corrected chi connectivity index (χ3v) is 3.36. The van der Waals surface area contributed by atoms with Crippen LogP contribution in [0.15, 0.2) is 53.6 Å². The number of amides is 2. The maximum atomic E-state index is 11.8. The number of nitrogens with one attached hydrogen (secondary N) is 2. The van der Waals surface area contributed by atoms with Crippen molar-refractivity contribution in [2.45, 2.75) is 19.8 Å². The van der Waals surface area contributed by atoms with Crippen molar-refractivity contribution in [1.82, 2.24) is 5.43 Å². The average molecular weight is 341 g/mol. The van der Waals surface area contributed by atoms with E-state index in [1.165, 1.54) is 18.2 Å². The fraction of sp³-hybridized carbons (Fsp3) is 0.167. The number of aromatic hydroxyl groups is 2. The smallest absolute Gasteiger partial charge is 0.240 e. The Kier molecular flexibility index (Phi) is 6.11. The summed E-state index contributed by atoms with van der Waals surface area (Å²) in [5, 5.41) is 25.6. The molecule has 0 bridgehead atoms. The Bertz CT molecular complexity index is 788. The van der Waals surface area contributed by atoms with Crippen LogP contribution in [-0.4, -0.2) is 27.7 Å².